The van der Waals surface area contributed by atoms with E-state index in [0.717, 1.165) is 23.3 Å². The molecule has 0 aliphatic carbocycles. The minimum atomic E-state index is -1.64. The third-order valence-corrected chi connectivity index (χ3v) is 3.45. The van der Waals surface area contributed by atoms with Gasteiger partial charge in [0.1, 0.15) is 0 Å². The first kappa shape index (κ1) is 17.9. The Labute approximate surface area is 145 Å². The molecule has 2 aromatic rings. The number of rotatable bonds is 8. The first-order chi connectivity index (χ1) is 12.1. The summed E-state index contributed by atoms with van der Waals surface area (Å²) in [7, 11) is 0. The smallest absolute Gasteiger partial charge is 0.213 e. The van der Waals surface area contributed by atoms with Crippen molar-refractivity contribution in [2.75, 3.05) is 0 Å². The second-order valence-electron chi connectivity index (χ2n) is 5.25. The Morgan fingerprint density at radius 3 is 1.40 bits per heavy atom. The number of ketones is 3. The molecule has 0 aliphatic rings. The molecule has 0 heterocycles. The van der Waals surface area contributed by atoms with Crippen molar-refractivity contribution < 1.29 is 19.2 Å². The van der Waals surface area contributed by atoms with Crippen LogP contribution in [0, 0.1) is 5.92 Å². The fourth-order valence-electron chi connectivity index (χ4n) is 2.17. The lowest BCUT2D eigenvalue weighted by atomic mass is 9.93. The number of hydrogen-bond acceptors (Lipinski definition) is 4. The molecule has 0 saturated carbocycles. The van der Waals surface area contributed by atoms with Gasteiger partial charge in [0.05, 0.1) is 0 Å². The second kappa shape index (κ2) is 9.03. The highest BCUT2D eigenvalue weighted by molar-refractivity contribution is 6.40. The van der Waals surface area contributed by atoms with Crippen LogP contribution < -0.4 is 0 Å². The summed E-state index contributed by atoms with van der Waals surface area (Å²) in [6, 6.07) is 17.9. The molecular formula is C21H16O4. The number of aldehydes is 1. The molecule has 0 aliphatic heterocycles. The van der Waals surface area contributed by atoms with E-state index in [-0.39, 0.29) is 6.29 Å². The van der Waals surface area contributed by atoms with Crippen molar-refractivity contribution in [3.05, 3.63) is 83.9 Å². The lowest BCUT2D eigenvalue weighted by Crippen LogP contribution is -2.30. The summed E-state index contributed by atoms with van der Waals surface area (Å²) >= 11 is 0. The molecule has 2 aromatic carbocycles. The van der Waals surface area contributed by atoms with Crippen molar-refractivity contribution >= 4 is 35.8 Å². The van der Waals surface area contributed by atoms with Crippen LogP contribution in [0.2, 0.25) is 0 Å². The third-order valence-electron chi connectivity index (χ3n) is 3.45. The summed E-state index contributed by atoms with van der Waals surface area (Å²) < 4.78 is 0. The van der Waals surface area contributed by atoms with Crippen LogP contribution in [-0.4, -0.2) is 23.6 Å². The maximum atomic E-state index is 12.2. The van der Waals surface area contributed by atoms with E-state index in [9.17, 15) is 19.2 Å². The van der Waals surface area contributed by atoms with Gasteiger partial charge in [0, 0.05) is 0 Å². The van der Waals surface area contributed by atoms with Crippen LogP contribution >= 0.6 is 0 Å². The minimum absolute atomic E-state index is 0.00712. The van der Waals surface area contributed by atoms with Crippen LogP contribution in [0.3, 0.4) is 0 Å². The van der Waals surface area contributed by atoms with Crippen LogP contribution in [0.25, 0.3) is 12.2 Å². The molecule has 0 saturated heterocycles. The van der Waals surface area contributed by atoms with Crippen LogP contribution in [0.5, 0.6) is 0 Å². The van der Waals surface area contributed by atoms with Crippen molar-refractivity contribution in [3.8, 4) is 0 Å². The molecule has 0 radical (unpaired) electrons. The maximum Gasteiger partial charge on any atom is 0.213 e. The number of benzene rings is 2. The summed E-state index contributed by atoms with van der Waals surface area (Å²) in [4.78, 5) is 47.0. The highest BCUT2D eigenvalue weighted by Gasteiger charge is 2.30. The standard InChI is InChI=1S/C21H16O4/c22-15-20(25)21(18(23)13-11-16-7-3-1-4-8-16)19(24)14-12-17-9-5-2-6-10-17/h1-15,21H/b13-11+,14-12+. The van der Waals surface area contributed by atoms with Gasteiger partial charge in [0.15, 0.2) is 23.8 Å². The Morgan fingerprint density at radius 2 is 1.04 bits per heavy atom. The van der Waals surface area contributed by atoms with Gasteiger partial charge in [-0.3, -0.25) is 19.2 Å². The first-order valence-electron chi connectivity index (χ1n) is 7.65. The molecule has 2 rings (SSSR count). The molecule has 0 spiro atoms. The molecular weight excluding hydrogens is 316 g/mol. The molecule has 4 heteroatoms. The first-order valence-corrected chi connectivity index (χ1v) is 7.65. The Bertz CT molecular complexity index is 756. The minimum Gasteiger partial charge on any atom is -0.295 e. The number of allylic oxidation sites excluding steroid dienone is 2. The Balaban J connectivity index is 2.17. The van der Waals surface area contributed by atoms with Crippen LogP contribution in [-0.2, 0) is 19.2 Å². The lowest BCUT2D eigenvalue weighted by molar-refractivity contribution is -0.140. The van der Waals surface area contributed by atoms with Crippen molar-refractivity contribution in [1.82, 2.24) is 0 Å². The number of carbonyl (C=O) groups excluding carboxylic acids is 4. The van der Waals surface area contributed by atoms with Gasteiger partial charge >= 0.3 is 0 Å². The van der Waals surface area contributed by atoms with Gasteiger partial charge in [-0.15, -0.1) is 0 Å². The van der Waals surface area contributed by atoms with Gasteiger partial charge in [0.25, 0.3) is 0 Å². The summed E-state index contributed by atoms with van der Waals surface area (Å²) in [5.41, 5.74) is 1.50. The highest BCUT2D eigenvalue weighted by atomic mass is 16.2. The molecule has 124 valence electrons. The topological polar surface area (TPSA) is 68.3 Å². The van der Waals surface area contributed by atoms with Crippen molar-refractivity contribution in [2.24, 2.45) is 5.92 Å². The number of Topliss-reactive ketones (excluding diaryl/α,β-unsaturated/α-hetero) is 1. The molecule has 0 bridgehead atoms. The van der Waals surface area contributed by atoms with Gasteiger partial charge in [-0.25, -0.2) is 0 Å². The largest absolute Gasteiger partial charge is 0.295 e. The van der Waals surface area contributed by atoms with E-state index in [1.165, 1.54) is 12.2 Å². The second-order valence-corrected chi connectivity index (χ2v) is 5.25. The molecule has 0 N–H and O–H groups in total. The number of hydrogen-bond donors (Lipinski definition) is 0. The van der Waals surface area contributed by atoms with Crippen LogP contribution in [0.4, 0.5) is 0 Å². The predicted molar refractivity (Wildman–Crippen MR) is 95.5 cm³/mol. The van der Waals surface area contributed by atoms with E-state index < -0.39 is 23.3 Å². The van der Waals surface area contributed by atoms with Crippen molar-refractivity contribution in [1.29, 1.82) is 0 Å². The molecule has 25 heavy (non-hydrogen) atoms. The van der Waals surface area contributed by atoms with E-state index in [4.69, 9.17) is 0 Å². The maximum absolute atomic E-state index is 12.2. The van der Waals surface area contributed by atoms with Crippen LogP contribution in [0.15, 0.2) is 72.8 Å². The Kier molecular flexibility index (Phi) is 6.48. The molecule has 0 fully saturated rings. The van der Waals surface area contributed by atoms with E-state index in [2.05, 4.69) is 0 Å². The Morgan fingerprint density at radius 1 is 0.640 bits per heavy atom. The quantitative estimate of drug-likeness (QED) is 0.323. The van der Waals surface area contributed by atoms with E-state index >= 15 is 0 Å². The van der Waals surface area contributed by atoms with Crippen molar-refractivity contribution in [3.63, 3.8) is 0 Å². The van der Waals surface area contributed by atoms with E-state index in [1.807, 2.05) is 12.1 Å². The van der Waals surface area contributed by atoms with Crippen molar-refractivity contribution in [2.45, 2.75) is 0 Å². The molecule has 0 unspecified atom stereocenters. The third kappa shape index (κ3) is 5.32. The fraction of sp³-hybridized carbons (Fsp3) is 0.0476. The average molecular weight is 332 g/mol. The molecule has 0 atom stereocenters. The van der Waals surface area contributed by atoms with Gasteiger partial charge in [-0.1, -0.05) is 72.8 Å². The summed E-state index contributed by atoms with van der Waals surface area (Å²) in [5, 5.41) is 0. The fourth-order valence-corrected chi connectivity index (χ4v) is 2.17. The molecule has 0 aromatic heterocycles. The van der Waals surface area contributed by atoms with Gasteiger partial charge < -0.3 is 0 Å². The monoisotopic (exact) mass is 332 g/mol. The van der Waals surface area contributed by atoms with Gasteiger partial charge in [0.2, 0.25) is 5.78 Å². The number of carbonyl (C=O) groups is 4. The zero-order valence-electron chi connectivity index (χ0n) is 13.4. The summed E-state index contributed by atoms with van der Waals surface area (Å²) in [6.07, 6.45) is 5.31. The molecule has 4 nitrogen and oxygen atoms in total. The van der Waals surface area contributed by atoms with Crippen LogP contribution in [0.1, 0.15) is 11.1 Å². The average Bonchev–Trinajstić information content (AvgIpc) is 2.66. The summed E-state index contributed by atoms with van der Waals surface area (Å²) in [5.74, 6) is -4.13. The zero-order chi connectivity index (χ0) is 18.1. The van der Waals surface area contributed by atoms with Gasteiger partial charge in [-0.2, -0.15) is 0 Å². The summed E-state index contributed by atoms with van der Waals surface area (Å²) in [6.45, 7) is 0. The van der Waals surface area contributed by atoms with E-state index in [0.29, 0.717) is 0 Å². The Hall–Kier alpha value is -3.40. The van der Waals surface area contributed by atoms with E-state index in [1.54, 1.807) is 48.5 Å². The zero-order valence-corrected chi connectivity index (χ0v) is 13.4. The highest BCUT2D eigenvalue weighted by Crippen LogP contribution is 2.09. The lowest BCUT2D eigenvalue weighted by Gasteiger charge is -2.05. The van der Waals surface area contributed by atoms with Gasteiger partial charge in [-0.05, 0) is 23.3 Å². The normalized spacial score (nSPS) is 11.1. The predicted octanol–water partition coefficient (Wildman–Crippen LogP) is 2.94. The SMILES string of the molecule is O=CC(=O)C(C(=O)/C=C/c1ccccc1)C(=O)/C=C/c1ccccc1. The molecule has 0 amide bonds.